The lowest BCUT2D eigenvalue weighted by molar-refractivity contribution is -0.123. The van der Waals surface area contributed by atoms with Crippen LogP contribution in [0.5, 0.6) is 0 Å². The van der Waals surface area contributed by atoms with Gasteiger partial charge in [-0.25, -0.2) is 8.78 Å². The Morgan fingerprint density at radius 3 is 2.70 bits per heavy atom. The average molecular weight is 282 g/mol. The highest BCUT2D eigenvalue weighted by molar-refractivity contribution is 5.83. The van der Waals surface area contributed by atoms with Gasteiger partial charge >= 0.3 is 0 Å². The lowest BCUT2D eigenvalue weighted by Crippen LogP contribution is -2.44. The fourth-order valence-corrected chi connectivity index (χ4v) is 2.70. The third-order valence-electron chi connectivity index (χ3n) is 3.83. The van der Waals surface area contributed by atoms with E-state index < -0.39 is 11.6 Å². The first kappa shape index (κ1) is 14.9. The highest BCUT2D eigenvalue weighted by atomic mass is 19.1. The van der Waals surface area contributed by atoms with Crippen molar-refractivity contribution in [3.05, 3.63) is 35.6 Å². The summed E-state index contributed by atoms with van der Waals surface area (Å²) in [5.41, 5.74) is -0.738. The van der Waals surface area contributed by atoms with Crippen LogP contribution in [0.25, 0.3) is 0 Å². The molecule has 20 heavy (non-hydrogen) atoms. The van der Waals surface area contributed by atoms with Crippen LogP contribution in [-0.2, 0) is 4.79 Å². The molecule has 0 bridgehead atoms. The molecule has 2 N–H and O–H groups in total. The van der Waals surface area contributed by atoms with E-state index in [1.54, 1.807) is 12.1 Å². The molecule has 0 spiro atoms. The number of halogens is 2. The van der Waals surface area contributed by atoms with Crippen molar-refractivity contribution in [1.29, 1.82) is 0 Å². The molecule has 2 atom stereocenters. The van der Waals surface area contributed by atoms with E-state index in [4.69, 9.17) is 0 Å². The Morgan fingerprint density at radius 1 is 1.45 bits per heavy atom. The van der Waals surface area contributed by atoms with Crippen LogP contribution in [-0.4, -0.2) is 31.7 Å². The number of likely N-dealkylation sites (N-methyl/N-ethyl adjacent to an activating group) is 1. The molecule has 0 saturated carbocycles. The number of carbonyl (C=O) groups is 1. The van der Waals surface area contributed by atoms with Gasteiger partial charge in [0.1, 0.15) is 11.5 Å². The maximum absolute atomic E-state index is 14.8. The van der Waals surface area contributed by atoms with Crippen LogP contribution in [0.4, 0.5) is 8.78 Å². The number of hydrogen-bond donors (Lipinski definition) is 2. The SMILES string of the molecule is CNC(=O)C(CC1(F)CCCNC1)c1ccc(F)cc1. The molecule has 0 radical (unpaired) electrons. The molecule has 110 valence electrons. The van der Waals surface area contributed by atoms with E-state index in [0.717, 1.165) is 13.0 Å². The molecule has 2 unspecified atom stereocenters. The summed E-state index contributed by atoms with van der Waals surface area (Å²) in [5.74, 6) is -1.19. The zero-order chi connectivity index (χ0) is 14.6. The highest BCUT2D eigenvalue weighted by Gasteiger charge is 2.37. The van der Waals surface area contributed by atoms with E-state index in [1.807, 2.05) is 0 Å². The Hall–Kier alpha value is -1.49. The summed E-state index contributed by atoms with van der Waals surface area (Å²) in [5, 5.41) is 5.60. The number of hydrogen-bond acceptors (Lipinski definition) is 2. The van der Waals surface area contributed by atoms with E-state index in [-0.39, 0.29) is 24.7 Å². The zero-order valence-corrected chi connectivity index (χ0v) is 11.6. The number of amides is 1. The van der Waals surface area contributed by atoms with E-state index >= 15 is 0 Å². The van der Waals surface area contributed by atoms with Crippen LogP contribution in [0.15, 0.2) is 24.3 Å². The monoisotopic (exact) mass is 282 g/mol. The smallest absolute Gasteiger partial charge is 0.227 e. The third-order valence-corrected chi connectivity index (χ3v) is 3.83. The summed E-state index contributed by atoms with van der Waals surface area (Å²) < 4.78 is 27.8. The third kappa shape index (κ3) is 3.54. The van der Waals surface area contributed by atoms with E-state index in [9.17, 15) is 13.6 Å². The lowest BCUT2D eigenvalue weighted by Gasteiger charge is -2.33. The minimum Gasteiger partial charge on any atom is -0.359 e. The first-order valence-corrected chi connectivity index (χ1v) is 6.91. The molecule has 0 aliphatic carbocycles. The molecular formula is C15H20F2N2O. The standard InChI is InChI=1S/C15H20F2N2O/c1-18-14(20)13(11-3-5-12(16)6-4-11)9-15(17)7-2-8-19-10-15/h3-6,13,19H,2,7-10H2,1H3,(H,18,20). The van der Waals surface area contributed by atoms with Crippen molar-refractivity contribution in [3.63, 3.8) is 0 Å². The van der Waals surface area contributed by atoms with Crippen molar-refractivity contribution in [2.24, 2.45) is 0 Å². The first-order valence-electron chi connectivity index (χ1n) is 6.91. The predicted octanol–water partition coefficient (Wildman–Crippen LogP) is 2.14. The summed E-state index contributed by atoms with van der Waals surface area (Å²) in [7, 11) is 1.53. The molecule has 5 heteroatoms. The van der Waals surface area contributed by atoms with Crippen molar-refractivity contribution >= 4 is 5.91 Å². The Balaban J connectivity index is 2.19. The van der Waals surface area contributed by atoms with Crippen LogP contribution in [0, 0.1) is 5.82 Å². The van der Waals surface area contributed by atoms with Gasteiger partial charge in [-0.2, -0.15) is 0 Å². The summed E-state index contributed by atoms with van der Waals surface area (Å²) >= 11 is 0. The molecule has 1 aromatic rings. The molecule has 3 nitrogen and oxygen atoms in total. The minimum atomic E-state index is -1.39. The largest absolute Gasteiger partial charge is 0.359 e. The molecular weight excluding hydrogens is 262 g/mol. The fourth-order valence-electron chi connectivity index (χ4n) is 2.70. The average Bonchev–Trinajstić information content (AvgIpc) is 2.46. The van der Waals surface area contributed by atoms with E-state index in [2.05, 4.69) is 10.6 Å². The molecule has 1 aromatic carbocycles. The molecule has 1 aliphatic rings. The normalized spacial score (nSPS) is 24.1. The maximum atomic E-state index is 14.8. The number of nitrogens with one attached hydrogen (secondary N) is 2. The molecule has 1 fully saturated rings. The number of carbonyl (C=O) groups excluding carboxylic acids is 1. The van der Waals surface area contributed by atoms with Gasteiger partial charge < -0.3 is 10.6 Å². The Kier molecular flexibility index (Phi) is 4.70. The van der Waals surface area contributed by atoms with Gasteiger partial charge in [0.25, 0.3) is 0 Å². The molecule has 2 rings (SSSR count). The van der Waals surface area contributed by atoms with E-state index in [0.29, 0.717) is 12.0 Å². The second-order valence-electron chi connectivity index (χ2n) is 5.35. The van der Waals surface area contributed by atoms with Gasteiger partial charge in [-0.05, 0) is 43.5 Å². The molecule has 1 saturated heterocycles. The highest BCUT2D eigenvalue weighted by Crippen LogP contribution is 2.33. The summed E-state index contributed by atoms with van der Waals surface area (Å²) in [6, 6.07) is 5.70. The van der Waals surface area contributed by atoms with Gasteiger partial charge in [0, 0.05) is 13.6 Å². The van der Waals surface area contributed by atoms with Gasteiger partial charge in [0.2, 0.25) is 5.91 Å². The fraction of sp³-hybridized carbons (Fsp3) is 0.533. The van der Waals surface area contributed by atoms with Crippen LogP contribution in [0.3, 0.4) is 0 Å². The number of piperidine rings is 1. The molecule has 1 aliphatic heterocycles. The Bertz CT molecular complexity index is 455. The molecule has 1 heterocycles. The summed E-state index contributed by atoms with van der Waals surface area (Å²) in [6.07, 6.45) is 1.33. The van der Waals surface area contributed by atoms with Crippen LogP contribution >= 0.6 is 0 Å². The second kappa shape index (κ2) is 6.31. The van der Waals surface area contributed by atoms with Gasteiger partial charge in [-0.1, -0.05) is 12.1 Å². The zero-order valence-electron chi connectivity index (χ0n) is 11.6. The Morgan fingerprint density at radius 2 is 2.15 bits per heavy atom. The maximum Gasteiger partial charge on any atom is 0.227 e. The Labute approximate surface area is 117 Å². The predicted molar refractivity (Wildman–Crippen MR) is 73.8 cm³/mol. The van der Waals surface area contributed by atoms with Crippen molar-refractivity contribution in [2.75, 3.05) is 20.1 Å². The second-order valence-corrected chi connectivity index (χ2v) is 5.35. The van der Waals surface area contributed by atoms with Crippen LogP contribution < -0.4 is 10.6 Å². The van der Waals surface area contributed by atoms with E-state index in [1.165, 1.54) is 19.2 Å². The van der Waals surface area contributed by atoms with Gasteiger partial charge in [-0.3, -0.25) is 4.79 Å². The number of benzene rings is 1. The van der Waals surface area contributed by atoms with Crippen molar-refractivity contribution in [2.45, 2.75) is 30.8 Å². The summed E-state index contributed by atoms with van der Waals surface area (Å²) in [4.78, 5) is 12.0. The lowest BCUT2D eigenvalue weighted by atomic mass is 9.82. The van der Waals surface area contributed by atoms with Gasteiger partial charge in [0.15, 0.2) is 0 Å². The van der Waals surface area contributed by atoms with Gasteiger partial charge in [0.05, 0.1) is 5.92 Å². The number of rotatable bonds is 4. The topological polar surface area (TPSA) is 41.1 Å². The minimum absolute atomic E-state index is 0.116. The molecule has 0 aromatic heterocycles. The van der Waals surface area contributed by atoms with Crippen molar-refractivity contribution < 1.29 is 13.6 Å². The van der Waals surface area contributed by atoms with Crippen molar-refractivity contribution in [1.82, 2.24) is 10.6 Å². The quantitative estimate of drug-likeness (QED) is 0.888. The molecule has 1 amide bonds. The van der Waals surface area contributed by atoms with Crippen LogP contribution in [0.1, 0.15) is 30.7 Å². The number of alkyl halides is 1. The van der Waals surface area contributed by atoms with Crippen LogP contribution in [0.2, 0.25) is 0 Å². The van der Waals surface area contributed by atoms with Gasteiger partial charge in [-0.15, -0.1) is 0 Å². The van der Waals surface area contributed by atoms with Crippen molar-refractivity contribution in [3.8, 4) is 0 Å². The first-order chi connectivity index (χ1) is 9.54. The summed E-state index contributed by atoms with van der Waals surface area (Å²) in [6.45, 7) is 1.08.